The minimum absolute atomic E-state index is 0.0559. The van der Waals surface area contributed by atoms with Gasteiger partial charge in [-0.1, -0.05) is 34.3 Å². The molecule has 73 heavy (non-hydrogen) atoms. The molecule has 0 radical (unpaired) electrons. The molecule has 6 rings (SSSR count). The summed E-state index contributed by atoms with van der Waals surface area (Å²) in [4.78, 5) is 79.2. The summed E-state index contributed by atoms with van der Waals surface area (Å²) in [7, 11) is 1.40. The normalized spacial score (nSPS) is 10.1. The van der Waals surface area contributed by atoms with E-state index in [-0.39, 0.29) is 54.9 Å². The summed E-state index contributed by atoms with van der Waals surface area (Å²) in [5, 5.41) is 57.5. The number of aliphatic hydroxyl groups is 1. The van der Waals surface area contributed by atoms with Crippen molar-refractivity contribution < 1.29 is 73.6 Å². The molecule has 0 aliphatic heterocycles. The van der Waals surface area contributed by atoms with Crippen molar-refractivity contribution in [2.24, 2.45) is 5.92 Å². The Bertz CT molecular complexity index is 2630. The highest BCUT2D eigenvalue weighted by molar-refractivity contribution is 7.15. The van der Waals surface area contributed by atoms with Crippen molar-refractivity contribution in [1.29, 1.82) is 0 Å². The molecule has 0 saturated carbocycles. The third kappa shape index (κ3) is 22.7. The highest BCUT2D eigenvalue weighted by atomic mass is 32.1. The van der Waals surface area contributed by atoms with Gasteiger partial charge in [-0.3, -0.25) is 0 Å². The molecule has 0 fully saturated rings. The summed E-state index contributed by atoms with van der Waals surface area (Å²) in [6, 6.07) is 0. The Morgan fingerprint density at radius 3 is 1.16 bits per heavy atom. The predicted octanol–water partition coefficient (Wildman–Crippen LogP) is 11.5. The molecular weight excluding hydrogens is 1070 g/mol. The van der Waals surface area contributed by atoms with Gasteiger partial charge in [0.05, 0.1) is 72.7 Å². The Morgan fingerprint density at radius 2 is 0.836 bits per heavy atom. The van der Waals surface area contributed by atoms with Gasteiger partial charge in [0.2, 0.25) is 23.5 Å². The number of nitrogens with zero attached hydrogens (tertiary/aromatic N) is 6. The number of aliphatic hydroxyl groups excluding tert-OH is 1. The molecule has 0 unspecified atom stereocenters. The van der Waals surface area contributed by atoms with Crippen molar-refractivity contribution in [3.63, 3.8) is 0 Å². The van der Waals surface area contributed by atoms with Crippen LogP contribution in [0.1, 0.15) is 150 Å². The summed E-state index contributed by atoms with van der Waals surface area (Å²) in [6.07, 6.45) is 2.38. The molecule has 0 aromatic carbocycles. The minimum atomic E-state index is -0.993. The molecule has 0 amide bonds. The molecule has 6 aromatic heterocycles. The Kier molecular flexibility index (Phi) is 28.6. The number of hydrogen-bond donors (Lipinski definition) is 6. The first-order valence-electron chi connectivity index (χ1n) is 21.9. The predicted molar refractivity (Wildman–Crippen MR) is 285 cm³/mol. The fourth-order valence-corrected chi connectivity index (χ4v) is 9.73. The van der Waals surface area contributed by atoms with Gasteiger partial charge in [0.15, 0.2) is 19.5 Å². The van der Waals surface area contributed by atoms with Crippen molar-refractivity contribution in [3.8, 4) is 23.5 Å². The molecule has 402 valence electrons. The largest absolute Gasteiger partial charge is 0.507 e. The first-order valence-corrected chi connectivity index (χ1v) is 26.8. The van der Waals surface area contributed by atoms with Crippen molar-refractivity contribution in [2.45, 2.75) is 115 Å². The summed E-state index contributed by atoms with van der Waals surface area (Å²) < 4.78 is 20.2. The quantitative estimate of drug-likeness (QED) is 0.0462. The van der Waals surface area contributed by atoms with Gasteiger partial charge in [-0.2, -0.15) is 0 Å². The van der Waals surface area contributed by atoms with E-state index in [0.717, 1.165) is 78.8 Å². The first kappa shape index (κ1) is 64.9. The van der Waals surface area contributed by atoms with E-state index in [1.54, 1.807) is 34.6 Å². The van der Waals surface area contributed by atoms with Gasteiger partial charge in [-0.25, -0.2) is 53.9 Å². The number of carboxylic acid groups (broad SMARTS) is 5. The van der Waals surface area contributed by atoms with Gasteiger partial charge < -0.3 is 49.6 Å². The average molecular weight is 1130 g/mol. The maximum Gasteiger partial charge on any atom is 0.351 e. The van der Waals surface area contributed by atoms with E-state index in [1.807, 2.05) is 41.5 Å². The van der Waals surface area contributed by atoms with E-state index in [9.17, 15) is 29.1 Å². The second-order valence-corrected chi connectivity index (χ2v) is 22.3. The van der Waals surface area contributed by atoms with Crippen molar-refractivity contribution >= 4 is 104 Å². The smallest absolute Gasteiger partial charge is 0.351 e. The monoisotopic (exact) mass is 1130 g/mol. The molecule has 21 nitrogen and oxygen atoms in total. The molecular formula is C46H62N6O15S6. The van der Waals surface area contributed by atoms with Crippen LogP contribution in [0, 0.1) is 47.5 Å². The SMILES string of the molecule is C=C(O)c1sc(C)nc1CC(C)C.CCCOc1nc(C)sc1C(=O)O.CCOc1nc(C)sc1C(=O)O.CCc1nc(C)sc1C(=O)O.COc1nc(C)sc1C(=O)O.Cc1nc(OC(C)C)c(C(=O)O)s1. The maximum absolute atomic E-state index is 10.7. The Hall–Kier alpha value is -6.13. The van der Waals surface area contributed by atoms with E-state index < -0.39 is 29.8 Å². The molecule has 6 N–H and O–H groups in total. The topological polar surface area (TPSA) is 321 Å². The van der Waals surface area contributed by atoms with Crippen LogP contribution in [0.2, 0.25) is 0 Å². The fraction of sp³-hybridized carbons (Fsp3) is 0.457. The molecule has 0 spiro atoms. The standard InChI is InChI=1S/C10H15NOS.2C8H11NO3S.C7H9NO3S.C7H9NO2S.C6H7NO3S/c1-6(2)5-9-10(7(3)12)13-8(4)11-9;1-4(2)12-7-6(8(10)11)13-5(3)9-7;1-3-4-12-7-6(8(10)11)13-5(2)9-7;1-3-11-6-5(7(9)10)12-4(2)8-6;1-3-5-6(7(9)10)11-4(2)8-5;1-3-7-5(10-2)4(11-3)6(8)9/h6,12H,3,5H2,1-2,4H3;4H,1-3H3,(H,10,11);3-4H2,1-2H3,(H,10,11);3H2,1-2H3,(H,9,10);3H2,1-2H3,(H,9,10);1-2H3,(H,8,9). The van der Waals surface area contributed by atoms with Gasteiger partial charge in [0, 0.05) is 0 Å². The lowest BCUT2D eigenvalue weighted by molar-refractivity contribution is 0.0684. The van der Waals surface area contributed by atoms with E-state index in [2.05, 4.69) is 50.3 Å². The summed E-state index contributed by atoms with van der Waals surface area (Å²) in [6.45, 7) is 28.8. The molecule has 6 heterocycles. The number of rotatable bonds is 17. The number of aryl methyl sites for hydroxylation is 7. The highest BCUT2D eigenvalue weighted by Crippen LogP contribution is 2.28. The first-order chi connectivity index (χ1) is 34.1. The lowest BCUT2D eigenvalue weighted by Gasteiger charge is -2.06. The van der Waals surface area contributed by atoms with E-state index in [4.69, 9.17) is 44.5 Å². The van der Waals surface area contributed by atoms with Crippen LogP contribution in [-0.4, -0.2) is 117 Å². The van der Waals surface area contributed by atoms with Gasteiger partial charge in [0.25, 0.3) is 0 Å². The van der Waals surface area contributed by atoms with Crippen LogP contribution in [-0.2, 0) is 12.8 Å². The second kappa shape index (κ2) is 32.1. The van der Waals surface area contributed by atoms with E-state index in [1.165, 1.54) is 29.8 Å². The molecule has 0 aliphatic rings. The number of carbonyl (C=O) groups is 5. The Morgan fingerprint density at radius 1 is 0.493 bits per heavy atom. The number of ether oxygens (including phenoxy) is 4. The summed E-state index contributed by atoms with van der Waals surface area (Å²) in [5.41, 5.74) is 1.67. The van der Waals surface area contributed by atoms with E-state index >= 15 is 0 Å². The minimum Gasteiger partial charge on any atom is -0.507 e. The zero-order valence-electron chi connectivity index (χ0n) is 42.9. The van der Waals surface area contributed by atoms with Crippen LogP contribution >= 0.6 is 68.0 Å². The lowest BCUT2D eigenvalue weighted by atomic mass is 10.1. The van der Waals surface area contributed by atoms with Gasteiger partial charge in [-0.05, 0) is 87.5 Å². The van der Waals surface area contributed by atoms with Crippen LogP contribution in [0.4, 0.5) is 0 Å². The maximum atomic E-state index is 10.7. The number of aromatic nitrogens is 6. The molecule has 0 aliphatic carbocycles. The zero-order chi connectivity index (χ0) is 55.9. The van der Waals surface area contributed by atoms with Crippen molar-refractivity contribution in [1.82, 2.24) is 29.9 Å². The fourth-order valence-electron chi connectivity index (χ4n) is 5.24. The van der Waals surface area contributed by atoms with Crippen LogP contribution < -0.4 is 18.9 Å². The number of carboxylic acids is 5. The molecule has 27 heteroatoms. The van der Waals surface area contributed by atoms with E-state index in [0.29, 0.717) is 56.2 Å². The van der Waals surface area contributed by atoms with Crippen LogP contribution in [0.15, 0.2) is 6.58 Å². The van der Waals surface area contributed by atoms with Crippen molar-refractivity contribution in [2.75, 3.05) is 20.3 Å². The molecule has 6 aromatic rings. The lowest BCUT2D eigenvalue weighted by Crippen LogP contribution is -2.08. The van der Waals surface area contributed by atoms with Gasteiger partial charge in [-0.15, -0.1) is 68.0 Å². The Labute approximate surface area is 446 Å². The molecule has 0 saturated heterocycles. The summed E-state index contributed by atoms with van der Waals surface area (Å²) >= 11 is 7.24. The van der Waals surface area contributed by atoms with Crippen LogP contribution in [0.3, 0.4) is 0 Å². The highest BCUT2D eigenvalue weighted by Gasteiger charge is 2.20. The zero-order valence-corrected chi connectivity index (χ0v) is 47.8. The number of methoxy groups -OCH3 is 1. The van der Waals surface area contributed by atoms with Crippen LogP contribution in [0.25, 0.3) is 5.76 Å². The van der Waals surface area contributed by atoms with Crippen molar-refractivity contribution in [3.05, 3.63) is 77.3 Å². The third-order valence-corrected chi connectivity index (χ3v) is 13.7. The van der Waals surface area contributed by atoms with Gasteiger partial charge in [0.1, 0.15) is 10.6 Å². The molecule has 0 bridgehead atoms. The average Bonchev–Trinajstić information content (AvgIpc) is 4.16. The van der Waals surface area contributed by atoms with Gasteiger partial charge >= 0.3 is 29.8 Å². The molecule has 0 atom stereocenters. The number of thiazole rings is 6. The van der Waals surface area contributed by atoms with Crippen LogP contribution in [0.5, 0.6) is 23.5 Å². The number of hydrogen-bond acceptors (Lipinski definition) is 22. The second-order valence-electron chi connectivity index (χ2n) is 15.1. The summed E-state index contributed by atoms with van der Waals surface area (Å²) in [5.74, 6) is -3.21. The number of aromatic carboxylic acids is 5. The third-order valence-electron chi connectivity index (χ3n) is 7.86. The Balaban J connectivity index is 0.000000439.